The van der Waals surface area contributed by atoms with Crippen LogP contribution in [0.3, 0.4) is 0 Å². The Morgan fingerprint density at radius 2 is 1.52 bits per heavy atom. The SMILES string of the molecule is COc1ccc(C(=O)C(=O)NC23CC4CC(CC(C4)C2)C3)cc1. The van der Waals surface area contributed by atoms with Crippen LogP contribution in [0, 0.1) is 17.8 Å². The summed E-state index contributed by atoms with van der Waals surface area (Å²) in [5, 5.41) is 3.13. The Bertz CT molecular complexity index is 599. The van der Waals surface area contributed by atoms with E-state index < -0.39 is 11.7 Å². The van der Waals surface area contributed by atoms with E-state index >= 15 is 0 Å². The van der Waals surface area contributed by atoms with Crippen LogP contribution < -0.4 is 10.1 Å². The Balaban J connectivity index is 1.48. The Morgan fingerprint density at radius 1 is 1.00 bits per heavy atom. The molecule has 4 fully saturated rings. The molecule has 5 rings (SSSR count). The number of rotatable bonds is 4. The molecule has 1 N–H and O–H groups in total. The van der Waals surface area contributed by atoms with Crippen LogP contribution in [0.4, 0.5) is 0 Å². The highest BCUT2D eigenvalue weighted by Gasteiger charge is 2.51. The maximum absolute atomic E-state index is 12.5. The summed E-state index contributed by atoms with van der Waals surface area (Å²) in [5.41, 5.74) is 0.307. The highest BCUT2D eigenvalue weighted by Crippen LogP contribution is 2.55. The fourth-order valence-corrected chi connectivity index (χ4v) is 5.43. The lowest BCUT2D eigenvalue weighted by atomic mass is 9.53. The predicted octanol–water partition coefficient (Wildman–Crippen LogP) is 2.96. The van der Waals surface area contributed by atoms with Gasteiger partial charge in [-0.3, -0.25) is 9.59 Å². The fourth-order valence-electron chi connectivity index (χ4n) is 5.43. The number of carbonyl (C=O) groups is 2. The van der Waals surface area contributed by atoms with Crippen molar-refractivity contribution in [3.8, 4) is 5.75 Å². The summed E-state index contributed by atoms with van der Waals surface area (Å²) in [7, 11) is 1.58. The van der Waals surface area contributed by atoms with Crippen molar-refractivity contribution in [3.05, 3.63) is 29.8 Å². The van der Waals surface area contributed by atoms with Crippen molar-refractivity contribution in [2.75, 3.05) is 7.11 Å². The maximum atomic E-state index is 12.5. The number of amides is 1. The quantitative estimate of drug-likeness (QED) is 0.687. The molecule has 1 amide bonds. The number of carbonyl (C=O) groups excluding carboxylic acids is 2. The second kappa shape index (κ2) is 5.36. The fraction of sp³-hybridized carbons (Fsp3) is 0.579. The summed E-state index contributed by atoms with van der Waals surface area (Å²) >= 11 is 0. The van der Waals surface area contributed by atoms with Crippen LogP contribution in [-0.2, 0) is 4.79 Å². The topological polar surface area (TPSA) is 55.4 Å². The second-order valence-corrected chi connectivity index (χ2v) is 7.71. The lowest BCUT2D eigenvalue weighted by Gasteiger charge is -2.56. The van der Waals surface area contributed by atoms with E-state index in [0.717, 1.165) is 37.0 Å². The monoisotopic (exact) mass is 313 g/mol. The van der Waals surface area contributed by atoms with Crippen molar-refractivity contribution in [3.63, 3.8) is 0 Å². The third-order valence-corrected chi connectivity index (χ3v) is 5.98. The molecule has 0 spiro atoms. The van der Waals surface area contributed by atoms with Crippen LogP contribution in [0.15, 0.2) is 24.3 Å². The number of benzene rings is 1. The Morgan fingerprint density at radius 3 is 2.00 bits per heavy atom. The third-order valence-electron chi connectivity index (χ3n) is 5.98. The molecule has 0 aliphatic heterocycles. The lowest BCUT2D eigenvalue weighted by molar-refractivity contribution is -0.122. The van der Waals surface area contributed by atoms with Crippen LogP contribution in [0.2, 0.25) is 0 Å². The number of hydrogen-bond donors (Lipinski definition) is 1. The van der Waals surface area contributed by atoms with Crippen molar-refractivity contribution in [2.45, 2.75) is 44.1 Å². The molecule has 4 saturated carbocycles. The van der Waals surface area contributed by atoms with E-state index in [1.165, 1.54) is 19.3 Å². The smallest absolute Gasteiger partial charge is 0.292 e. The molecule has 0 saturated heterocycles. The van der Waals surface area contributed by atoms with E-state index in [4.69, 9.17) is 4.74 Å². The van der Waals surface area contributed by atoms with E-state index in [9.17, 15) is 9.59 Å². The van der Waals surface area contributed by atoms with Gasteiger partial charge in [-0.05, 0) is 80.5 Å². The first-order valence-corrected chi connectivity index (χ1v) is 8.58. The molecule has 4 heteroatoms. The van der Waals surface area contributed by atoms with Crippen LogP contribution >= 0.6 is 0 Å². The summed E-state index contributed by atoms with van der Waals surface area (Å²) in [4.78, 5) is 24.9. The Hall–Kier alpha value is -1.84. The molecular formula is C19H23NO3. The van der Waals surface area contributed by atoms with E-state index in [1.807, 2.05) is 0 Å². The molecule has 4 aliphatic rings. The number of hydrogen-bond acceptors (Lipinski definition) is 3. The average Bonchev–Trinajstić information content (AvgIpc) is 2.52. The van der Waals surface area contributed by atoms with E-state index in [-0.39, 0.29) is 5.54 Å². The van der Waals surface area contributed by atoms with Gasteiger partial charge in [0.15, 0.2) is 0 Å². The largest absolute Gasteiger partial charge is 0.497 e. The zero-order valence-corrected chi connectivity index (χ0v) is 13.5. The second-order valence-electron chi connectivity index (χ2n) is 7.71. The summed E-state index contributed by atoms with van der Waals surface area (Å²) in [6.45, 7) is 0. The van der Waals surface area contributed by atoms with Gasteiger partial charge in [0.1, 0.15) is 5.75 Å². The van der Waals surface area contributed by atoms with Crippen LogP contribution in [-0.4, -0.2) is 24.3 Å². The summed E-state index contributed by atoms with van der Waals surface area (Å²) in [6, 6.07) is 6.73. The van der Waals surface area contributed by atoms with Gasteiger partial charge in [0.05, 0.1) is 7.11 Å². The number of ketones is 1. The lowest BCUT2D eigenvalue weighted by Crippen LogP contribution is -2.60. The molecule has 4 bridgehead atoms. The first kappa shape index (κ1) is 14.7. The zero-order valence-electron chi connectivity index (χ0n) is 13.5. The van der Waals surface area contributed by atoms with E-state index in [1.54, 1.807) is 31.4 Å². The molecule has 4 nitrogen and oxygen atoms in total. The molecule has 1 aromatic carbocycles. The minimum atomic E-state index is -0.447. The minimum Gasteiger partial charge on any atom is -0.497 e. The number of Topliss-reactive ketones (excluding diaryl/α,β-unsaturated/α-hetero) is 1. The van der Waals surface area contributed by atoms with Crippen molar-refractivity contribution < 1.29 is 14.3 Å². The van der Waals surface area contributed by atoms with Crippen molar-refractivity contribution in [1.29, 1.82) is 0 Å². The molecule has 122 valence electrons. The Labute approximate surface area is 136 Å². The zero-order chi connectivity index (χ0) is 16.0. The molecule has 0 atom stereocenters. The van der Waals surface area contributed by atoms with E-state index in [2.05, 4.69) is 5.32 Å². The van der Waals surface area contributed by atoms with Crippen molar-refractivity contribution in [2.24, 2.45) is 17.8 Å². The van der Waals surface area contributed by atoms with Gasteiger partial charge in [-0.1, -0.05) is 0 Å². The van der Waals surface area contributed by atoms with Crippen LogP contribution in [0.1, 0.15) is 48.9 Å². The molecule has 0 unspecified atom stereocenters. The van der Waals surface area contributed by atoms with Gasteiger partial charge in [0.25, 0.3) is 5.91 Å². The summed E-state index contributed by atoms with van der Waals surface area (Å²) < 4.78 is 5.09. The first-order chi connectivity index (χ1) is 11.1. The standard InChI is InChI=1S/C19H23NO3/c1-23-16-4-2-15(3-5-16)17(21)18(22)20-19-9-12-6-13(10-19)8-14(7-12)11-19/h2-5,12-14H,6-11H2,1H3,(H,20,22). The molecule has 23 heavy (non-hydrogen) atoms. The van der Waals surface area contributed by atoms with Gasteiger partial charge in [-0.25, -0.2) is 0 Å². The Kier molecular flexibility index (Phi) is 3.43. The highest BCUT2D eigenvalue weighted by molar-refractivity contribution is 6.43. The molecule has 0 aromatic heterocycles. The third kappa shape index (κ3) is 2.64. The summed E-state index contributed by atoms with van der Waals surface area (Å²) in [5.74, 6) is 2.04. The number of ether oxygens (including phenoxy) is 1. The molecular weight excluding hydrogens is 290 g/mol. The molecule has 1 aromatic rings. The van der Waals surface area contributed by atoms with E-state index in [0.29, 0.717) is 11.3 Å². The van der Waals surface area contributed by atoms with Crippen LogP contribution in [0.5, 0.6) is 5.75 Å². The minimum absolute atomic E-state index is 0.117. The molecule has 4 aliphatic carbocycles. The average molecular weight is 313 g/mol. The van der Waals surface area contributed by atoms with Crippen LogP contribution in [0.25, 0.3) is 0 Å². The normalized spacial score (nSPS) is 34.2. The first-order valence-electron chi connectivity index (χ1n) is 8.58. The van der Waals surface area contributed by atoms with Gasteiger partial charge in [-0.2, -0.15) is 0 Å². The predicted molar refractivity (Wildman–Crippen MR) is 86.4 cm³/mol. The van der Waals surface area contributed by atoms with Crippen molar-refractivity contribution in [1.82, 2.24) is 5.32 Å². The highest BCUT2D eigenvalue weighted by atomic mass is 16.5. The van der Waals surface area contributed by atoms with Gasteiger partial charge in [0.2, 0.25) is 5.78 Å². The number of nitrogens with one attached hydrogen (secondary N) is 1. The van der Waals surface area contributed by atoms with Gasteiger partial charge >= 0.3 is 0 Å². The summed E-state index contributed by atoms with van der Waals surface area (Å²) in [6.07, 6.45) is 7.13. The van der Waals surface area contributed by atoms with Gasteiger partial charge in [0, 0.05) is 11.1 Å². The number of methoxy groups -OCH3 is 1. The van der Waals surface area contributed by atoms with Gasteiger partial charge < -0.3 is 10.1 Å². The maximum Gasteiger partial charge on any atom is 0.292 e. The molecule has 0 heterocycles. The van der Waals surface area contributed by atoms with Crippen molar-refractivity contribution >= 4 is 11.7 Å². The molecule has 0 radical (unpaired) electrons. The van der Waals surface area contributed by atoms with Gasteiger partial charge in [-0.15, -0.1) is 0 Å².